The van der Waals surface area contributed by atoms with E-state index in [9.17, 15) is 9.18 Å². The molecule has 1 rings (SSSR count). The van der Waals surface area contributed by atoms with Crippen molar-refractivity contribution in [2.45, 2.75) is 33.1 Å². The summed E-state index contributed by atoms with van der Waals surface area (Å²) in [6, 6.07) is 4.34. The van der Waals surface area contributed by atoms with Crippen LogP contribution in [-0.2, 0) is 0 Å². The highest BCUT2D eigenvalue weighted by atomic mass is 19.1. The molecule has 0 saturated carbocycles. The second-order valence-corrected chi connectivity index (χ2v) is 5.35. The van der Waals surface area contributed by atoms with Crippen molar-refractivity contribution < 1.29 is 9.18 Å². The largest absolute Gasteiger partial charge is 0.352 e. The van der Waals surface area contributed by atoms with Crippen molar-refractivity contribution in [2.24, 2.45) is 11.7 Å². The molecule has 0 aromatic heterocycles. The van der Waals surface area contributed by atoms with E-state index < -0.39 is 5.82 Å². The molecule has 0 spiro atoms. The van der Waals surface area contributed by atoms with Gasteiger partial charge in [0.1, 0.15) is 5.82 Å². The Morgan fingerprint density at radius 3 is 2.76 bits per heavy atom. The fraction of sp³-hybridized carbons (Fsp3) is 0.471. The van der Waals surface area contributed by atoms with Crippen molar-refractivity contribution in [3.63, 3.8) is 0 Å². The van der Waals surface area contributed by atoms with Crippen LogP contribution < -0.4 is 11.1 Å². The van der Waals surface area contributed by atoms with E-state index in [0.717, 1.165) is 19.3 Å². The highest BCUT2D eigenvalue weighted by Gasteiger charge is 2.11. The third-order valence-corrected chi connectivity index (χ3v) is 3.04. The molecule has 0 aliphatic rings. The topological polar surface area (TPSA) is 55.1 Å². The molecule has 0 bridgehead atoms. The number of rotatable bonds is 6. The van der Waals surface area contributed by atoms with Gasteiger partial charge in [0.05, 0.1) is 12.1 Å². The maximum absolute atomic E-state index is 13.8. The van der Waals surface area contributed by atoms with Crippen molar-refractivity contribution >= 4 is 5.91 Å². The molecule has 0 saturated heterocycles. The van der Waals surface area contributed by atoms with Crippen molar-refractivity contribution in [3.8, 4) is 11.8 Å². The minimum atomic E-state index is -0.557. The fourth-order valence-electron chi connectivity index (χ4n) is 1.90. The minimum Gasteiger partial charge on any atom is -0.352 e. The molecule has 0 heterocycles. The van der Waals surface area contributed by atoms with Gasteiger partial charge < -0.3 is 11.1 Å². The van der Waals surface area contributed by atoms with Gasteiger partial charge in [-0.2, -0.15) is 0 Å². The average Bonchev–Trinajstić information content (AvgIpc) is 2.44. The van der Waals surface area contributed by atoms with Crippen LogP contribution in [0.5, 0.6) is 0 Å². The third-order valence-electron chi connectivity index (χ3n) is 3.04. The lowest BCUT2D eigenvalue weighted by Crippen LogP contribution is -2.25. The molecule has 0 unspecified atom stereocenters. The van der Waals surface area contributed by atoms with Crippen LogP contribution in [0.4, 0.5) is 4.39 Å². The zero-order chi connectivity index (χ0) is 15.7. The van der Waals surface area contributed by atoms with E-state index in [-0.39, 0.29) is 18.0 Å². The van der Waals surface area contributed by atoms with Gasteiger partial charge in [0, 0.05) is 12.1 Å². The quantitative estimate of drug-likeness (QED) is 0.625. The van der Waals surface area contributed by atoms with E-state index in [4.69, 9.17) is 5.73 Å². The SMILES string of the molecule is CC(C)CCCCNC(=O)c1ccc(C#CCN)cc1F. The minimum absolute atomic E-state index is 0.0529. The second-order valence-electron chi connectivity index (χ2n) is 5.35. The Kier molecular flexibility index (Phi) is 7.49. The van der Waals surface area contributed by atoms with Gasteiger partial charge in [-0.1, -0.05) is 38.5 Å². The molecule has 0 atom stereocenters. The second kappa shape index (κ2) is 9.15. The lowest BCUT2D eigenvalue weighted by molar-refractivity contribution is 0.0949. The summed E-state index contributed by atoms with van der Waals surface area (Å²) in [4.78, 5) is 11.9. The smallest absolute Gasteiger partial charge is 0.254 e. The third kappa shape index (κ3) is 6.42. The van der Waals surface area contributed by atoms with Crippen molar-refractivity contribution in [1.29, 1.82) is 0 Å². The number of carbonyl (C=O) groups excluding carboxylic acids is 1. The standard InChI is InChI=1S/C17H23FN2O/c1-13(2)6-3-4-11-20-17(21)15-9-8-14(7-5-10-19)12-16(15)18/h8-9,12-13H,3-4,6,10-11,19H2,1-2H3,(H,20,21). The Balaban J connectivity index is 2.51. The zero-order valence-electron chi connectivity index (χ0n) is 12.7. The average molecular weight is 290 g/mol. The predicted octanol–water partition coefficient (Wildman–Crippen LogP) is 2.69. The van der Waals surface area contributed by atoms with Gasteiger partial charge >= 0.3 is 0 Å². The normalized spacial score (nSPS) is 10.1. The van der Waals surface area contributed by atoms with Crippen LogP contribution >= 0.6 is 0 Å². The zero-order valence-corrected chi connectivity index (χ0v) is 12.7. The number of benzene rings is 1. The number of unbranched alkanes of at least 4 members (excludes halogenated alkanes) is 1. The number of nitrogens with one attached hydrogen (secondary N) is 1. The number of hydrogen-bond donors (Lipinski definition) is 2. The Hall–Kier alpha value is -1.86. The first-order valence-electron chi connectivity index (χ1n) is 7.31. The molecular weight excluding hydrogens is 267 g/mol. The summed E-state index contributed by atoms with van der Waals surface area (Å²) in [5.74, 6) is 5.11. The molecule has 3 nitrogen and oxygen atoms in total. The molecule has 4 heteroatoms. The van der Waals surface area contributed by atoms with Gasteiger partial charge in [-0.25, -0.2) is 4.39 Å². The summed E-state index contributed by atoms with van der Waals surface area (Å²) in [6.07, 6.45) is 3.11. The first-order valence-corrected chi connectivity index (χ1v) is 7.31. The molecule has 114 valence electrons. The number of carbonyl (C=O) groups is 1. The van der Waals surface area contributed by atoms with Gasteiger partial charge in [0.25, 0.3) is 5.91 Å². The summed E-state index contributed by atoms with van der Waals surface area (Å²) in [7, 11) is 0. The van der Waals surface area contributed by atoms with E-state index in [1.165, 1.54) is 12.1 Å². The molecule has 0 fully saturated rings. The molecule has 0 radical (unpaired) electrons. The van der Waals surface area contributed by atoms with Gasteiger partial charge in [0.15, 0.2) is 0 Å². The van der Waals surface area contributed by atoms with Crippen LogP contribution in [0.2, 0.25) is 0 Å². The first-order chi connectivity index (χ1) is 10.0. The number of amides is 1. The van der Waals surface area contributed by atoms with Crippen molar-refractivity contribution in [2.75, 3.05) is 13.1 Å². The lowest BCUT2D eigenvalue weighted by Gasteiger charge is -2.07. The van der Waals surface area contributed by atoms with E-state index in [1.54, 1.807) is 6.07 Å². The monoisotopic (exact) mass is 290 g/mol. The van der Waals surface area contributed by atoms with Gasteiger partial charge in [0.2, 0.25) is 0 Å². The molecule has 1 amide bonds. The summed E-state index contributed by atoms with van der Waals surface area (Å²) < 4.78 is 13.8. The molecule has 21 heavy (non-hydrogen) atoms. The number of nitrogens with two attached hydrogens (primary N) is 1. The summed E-state index contributed by atoms with van der Waals surface area (Å²) >= 11 is 0. The fourth-order valence-corrected chi connectivity index (χ4v) is 1.90. The first kappa shape index (κ1) is 17.2. The summed E-state index contributed by atoms with van der Waals surface area (Å²) in [5, 5.41) is 2.74. The molecule has 3 N–H and O–H groups in total. The van der Waals surface area contributed by atoms with E-state index in [1.807, 2.05) is 0 Å². The molecule has 0 aliphatic carbocycles. The molecule has 1 aromatic rings. The number of halogens is 1. The van der Waals surface area contributed by atoms with Crippen molar-refractivity contribution in [3.05, 3.63) is 35.1 Å². The van der Waals surface area contributed by atoms with Crippen LogP contribution in [0.25, 0.3) is 0 Å². The van der Waals surface area contributed by atoms with Crippen molar-refractivity contribution in [1.82, 2.24) is 5.32 Å². The Morgan fingerprint density at radius 1 is 1.38 bits per heavy atom. The van der Waals surface area contributed by atoms with Gasteiger partial charge in [-0.15, -0.1) is 0 Å². The molecular formula is C17H23FN2O. The van der Waals surface area contributed by atoms with Crippen LogP contribution in [0.1, 0.15) is 49.0 Å². The Bertz CT molecular complexity index is 529. The van der Waals surface area contributed by atoms with Gasteiger partial charge in [-0.3, -0.25) is 4.79 Å². The van der Waals surface area contributed by atoms with Crippen LogP contribution in [0, 0.1) is 23.6 Å². The van der Waals surface area contributed by atoms with E-state index in [0.29, 0.717) is 18.0 Å². The predicted molar refractivity (Wildman–Crippen MR) is 83.4 cm³/mol. The Morgan fingerprint density at radius 2 is 2.14 bits per heavy atom. The maximum atomic E-state index is 13.8. The lowest BCUT2D eigenvalue weighted by atomic mass is 10.1. The van der Waals surface area contributed by atoms with Crippen LogP contribution in [-0.4, -0.2) is 19.0 Å². The summed E-state index contributed by atoms with van der Waals surface area (Å²) in [6.45, 7) is 5.13. The highest BCUT2D eigenvalue weighted by molar-refractivity contribution is 5.94. The van der Waals surface area contributed by atoms with Crippen LogP contribution in [0.3, 0.4) is 0 Å². The molecule has 0 aliphatic heterocycles. The van der Waals surface area contributed by atoms with Crippen LogP contribution in [0.15, 0.2) is 18.2 Å². The number of hydrogen-bond acceptors (Lipinski definition) is 2. The summed E-state index contributed by atoms with van der Waals surface area (Å²) in [5.41, 5.74) is 5.83. The maximum Gasteiger partial charge on any atom is 0.254 e. The molecule has 1 aromatic carbocycles. The Labute approximate surface area is 126 Å². The van der Waals surface area contributed by atoms with E-state index >= 15 is 0 Å². The van der Waals surface area contributed by atoms with Gasteiger partial charge in [-0.05, 0) is 30.5 Å². The van der Waals surface area contributed by atoms with E-state index in [2.05, 4.69) is 31.0 Å². The highest BCUT2D eigenvalue weighted by Crippen LogP contribution is 2.10.